The standard InChI is InChI=1S/C9H12O3.C3H6/c1-3-4-5-7-6(2)8(10)12-9(7)11;1-3-2/h3-4,6-7H,5H2,1-2H3;3H,1H2,2H3. The van der Waals surface area contributed by atoms with Crippen molar-refractivity contribution in [3.8, 4) is 0 Å². The lowest BCUT2D eigenvalue weighted by atomic mass is 9.93. The highest BCUT2D eigenvalue weighted by atomic mass is 16.6. The van der Waals surface area contributed by atoms with Crippen LogP contribution in [0.3, 0.4) is 0 Å². The second kappa shape index (κ2) is 6.98. The monoisotopic (exact) mass is 210 g/mol. The third-order valence-electron chi connectivity index (χ3n) is 2.10. The summed E-state index contributed by atoms with van der Waals surface area (Å²) in [5.74, 6) is -1.33. The van der Waals surface area contributed by atoms with Crippen LogP contribution >= 0.6 is 0 Å². The first-order valence-corrected chi connectivity index (χ1v) is 5.02. The number of hydrogen-bond acceptors (Lipinski definition) is 3. The molecule has 3 heteroatoms. The van der Waals surface area contributed by atoms with E-state index in [1.165, 1.54) is 0 Å². The van der Waals surface area contributed by atoms with Gasteiger partial charge in [0.1, 0.15) is 0 Å². The van der Waals surface area contributed by atoms with Crippen LogP contribution in [0.2, 0.25) is 0 Å². The van der Waals surface area contributed by atoms with Gasteiger partial charge in [-0.1, -0.05) is 25.2 Å². The minimum Gasteiger partial charge on any atom is -0.393 e. The quantitative estimate of drug-likeness (QED) is 0.399. The summed E-state index contributed by atoms with van der Waals surface area (Å²) in [6.07, 6.45) is 6.09. The molecule has 1 aliphatic heterocycles. The van der Waals surface area contributed by atoms with Crippen molar-refractivity contribution >= 4 is 11.9 Å². The zero-order valence-electron chi connectivity index (χ0n) is 9.53. The average Bonchev–Trinajstić information content (AvgIpc) is 2.41. The van der Waals surface area contributed by atoms with E-state index in [-0.39, 0.29) is 17.8 Å². The molecule has 0 bridgehead atoms. The molecule has 1 heterocycles. The second-order valence-electron chi connectivity index (χ2n) is 3.35. The molecule has 0 aromatic heterocycles. The second-order valence-corrected chi connectivity index (χ2v) is 3.35. The zero-order chi connectivity index (χ0) is 11.8. The highest BCUT2D eigenvalue weighted by Crippen LogP contribution is 2.26. The lowest BCUT2D eigenvalue weighted by Crippen LogP contribution is -2.13. The maximum atomic E-state index is 11.0. The molecule has 0 saturated carbocycles. The number of esters is 2. The Morgan fingerprint density at radius 3 is 2.20 bits per heavy atom. The van der Waals surface area contributed by atoms with Gasteiger partial charge in [-0.25, -0.2) is 0 Å². The smallest absolute Gasteiger partial charge is 0.317 e. The molecule has 0 aliphatic carbocycles. The van der Waals surface area contributed by atoms with Crippen LogP contribution in [0.1, 0.15) is 27.2 Å². The van der Waals surface area contributed by atoms with Gasteiger partial charge in [0.05, 0.1) is 11.8 Å². The topological polar surface area (TPSA) is 43.4 Å². The molecule has 3 nitrogen and oxygen atoms in total. The largest absolute Gasteiger partial charge is 0.393 e. The Bertz CT molecular complexity index is 266. The van der Waals surface area contributed by atoms with Crippen molar-refractivity contribution in [1.29, 1.82) is 0 Å². The molecule has 15 heavy (non-hydrogen) atoms. The van der Waals surface area contributed by atoms with Gasteiger partial charge >= 0.3 is 11.9 Å². The van der Waals surface area contributed by atoms with E-state index in [9.17, 15) is 9.59 Å². The van der Waals surface area contributed by atoms with Crippen LogP contribution in [-0.2, 0) is 14.3 Å². The first kappa shape index (κ1) is 13.6. The maximum Gasteiger partial charge on any atom is 0.317 e. The number of carbonyl (C=O) groups excluding carboxylic acids is 2. The first-order valence-electron chi connectivity index (χ1n) is 5.02. The number of cyclic esters (lactones) is 2. The van der Waals surface area contributed by atoms with Gasteiger partial charge in [0, 0.05) is 0 Å². The molecular formula is C12H18O3. The molecule has 0 aromatic carbocycles. The molecule has 1 rings (SSSR count). The number of carbonyl (C=O) groups is 2. The Kier molecular flexibility index (Phi) is 6.34. The maximum absolute atomic E-state index is 11.0. The summed E-state index contributed by atoms with van der Waals surface area (Å²) in [4.78, 5) is 21.9. The molecular weight excluding hydrogens is 192 g/mol. The number of hydrogen-bond donors (Lipinski definition) is 0. The van der Waals surface area contributed by atoms with E-state index >= 15 is 0 Å². The van der Waals surface area contributed by atoms with E-state index in [1.807, 2.05) is 26.0 Å². The van der Waals surface area contributed by atoms with Crippen LogP contribution < -0.4 is 0 Å². The van der Waals surface area contributed by atoms with Crippen molar-refractivity contribution in [3.63, 3.8) is 0 Å². The normalized spacial score (nSPS) is 24.7. The van der Waals surface area contributed by atoms with Gasteiger partial charge in [0.25, 0.3) is 0 Å². The summed E-state index contributed by atoms with van der Waals surface area (Å²) in [6.45, 7) is 8.86. The highest BCUT2D eigenvalue weighted by Gasteiger charge is 2.39. The predicted octanol–water partition coefficient (Wildman–Crippen LogP) is 2.48. The average molecular weight is 210 g/mol. The van der Waals surface area contributed by atoms with Crippen LogP contribution in [0.15, 0.2) is 24.8 Å². The Balaban J connectivity index is 0.000000583. The summed E-state index contributed by atoms with van der Waals surface area (Å²) >= 11 is 0. The Hall–Kier alpha value is -1.38. The molecule has 2 atom stereocenters. The molecule has 1 saturated heterocycles. The Morgan fingerprint density at radius 1 is 1.33 bits per heavy atom. The molecule has 0 amide bonds. The van der Waals surface area contributed by atoms with Crippen LogP contribution in [0, 0.1) is 11.8 Å². The highest BCUT2D eigenvalue weighted by molar-refractivity contribution is 5.96. The van der Waals surface area contributed by atoms with E-state index in [0.29, 0.717) is 6.42 Å². The lowest BCUT2D eigenvalue weighted by molar-refractivity contribution is -0.153. The molecule has 0 radical (unpaired) electrons. The van der Waals surface area contributed by atoms with E-state index in [1.54, 1.807) is 13.0 Å². The van der Waals surface area contributed by atoms with Gasteiger partial charge in [0.15, 0.2) is 0 Å². The van der Waals surface area contributed by atoms with Gasteiger partial charge < -0.3 is 4.74 Å². The predicted molar refractivity (Wildman–Crippen MR) is 59.1 cm³/mol. The Labute approximate surface area is 90.8 Å². The van der Waals surface area contributed by atoms with E-state index in [2.05, 4.69) is 11.3 Å². The zero-order valence-corrected chi connectivity index (χ0v) is 9.53. The van der Waals surface area contributed by atoms with E-state index in [0.717, 1.165) is 0 Å². The fraction of sp³-hybridized carbons (Fsp3) is 0.500. The van der Waals surface area contributed by atoms with E-state index in [4.69, 9.17) is 0 Å². The fourth-order valence-electron chi connectivity index (χ4n) is 1.22. The van der Waals surface area contributed by atoms with E-state index < -0.39 is 5.97 Å². The summed E-state index contributed by atoms with van der Waals surface area (Å²) in [7, 11) is 0. The van der Waals surface area contributed by atoms with Crippen molar-refractivity contribution < 1.29 is 14.3 Å². The third kappa shape index (κ3) is 4.11. The lowest BCUT2D eigenvalue weighted by Gasteiger charge is -2.03. The Morgan fingerprint density at radius 2 is 1.87 bits per heavy atom. The minimum atomic E-state index is -0.394. The molecule has 2 unspecified atom stereocenters. The summed E-state index contributed by atoms with van der Waals surface area (Å²) < 4.78 is 4.47. The van der Waals surface area contributed by atoms with Gasteiger partial charge in [-0.2, -0.15) is 0 Å². The van der Waals surface area contributed by atoms with Crippen molar-refractivity contribution in [1.82, 2.24) is 0 Å². The minimum absolute atomic E-state index is 0.270. The number of rotatable bonds is 2. The molecule has 1 aliphatic rings. The fourth-order valence-corrected chi connectivity index (χ4v) is 1.22. The number of allylic oxidation sites excluding steroid dienone is 3. The molecule has 0 aromatic rings. The van der Waals surface area contributed by atoms with Gasteiger partial charge in [0.2, 0.25) is 0 Å². The molecule has 0 N–H and O–H groups in total. The van der Waals surface area contributed by atoms with Crippen molar-refractivity contribution in [3.05, 3.63) is 24.8 Å². The van der Waals surface area contributed by atoms with Crippen LogP contribution in [-0.4, -0.2) is 11.9 Å². The van der Waals surface area contributed by atoms with Crippen molar-refractivity contribution in [2.75, 3.05) is 0 Å². The molecule has 0 spiro atoms. The van der Waals surface area contributed by atoms with Crippen LogP contribution in [0.25, 0.3) is 0 Å². The van der Waals surface area contributed by atoms with Crippen molar-refractivity contribution in [2.24, 2.45) is 11.8 Å². The summed E-state index contributed by atoms with van der Waals surface area (Å²) in [5, 5.41) is 0. The SMILES string of the molecule is C=CC.CC=CCC1C(=O)OC(=O)C1C. The van der Waals surface area contributed by atoms with Crippen molar-refractivity contribution in [2.45, 2.75) is 27.2 Å². The van der Waals surface area contributed by atoms with Gasteiger partial charge in [-0.15, -0.1) is 6.58 Å². The van der Waals surface area contributed by atoms with Gasteiger partial charge in [-0.05, 0) is 20.3 Å². The van der Waals surface area contributed by atoms with Crippen LogP contribution in [0.4, 0.5) is 0 Å². The van der Waals surface area contributed by atoms with Crippen LogP contribution in [0.5, 0.6) is 0 Å². The first-order chi connectivity index (χ1) is 7.08. The number of ether oxygens (including phenoxy) is 1. The molecule has 84 valence electrons. The third-order valence-corrected chi connectivity index (χ3v) is 2.10. The van der Waals surface area contributed by atoms with Gasteiger partial charge in [-0.3, -0.25) is 9.59 Å². The molecule has 1 fully saturated rings. The summed E-state index contributed by atoms with van der Waals surface area (Å²) in [5.41, 5.74) is 0. The summed E-state index contributed by atoms with van der Waals surface area (Å²) in [6, 6.07) is 0.